The molecule has 1 aromatic carbocycles. The van der Waals surface area contributed by atoms with Crippen LogP contribution in [0.4, 0.5) is 0 Å². The van der Waals surface area contributed by atoms with Gasteiger partial charge in [0, 0.05) is 6.54 Å². The predicted molar refractivity (Wildman–Crippen MR) is 69.6 cm³/mol. The van der Waals surface area contributed by atoms with Crippen molar-refractivity contribution in [2.45, 2.75) is 26.0 Å². The molecule has 18 heavy (non-hydrogen) atoms. The molecular weight excluding hydrogens is 228 g/mol. The fourth-order valence-electron chi connectivity index (χ4n) is 1.99. The quantitative estimate of drug-likeness (QED) is 0.881. The van der Waals surface area contributed by atoms with Crippen molar-refractivity contribution < 1.29 is 9.84 Å². The number of aliphatic hydroxyl groups excluding tert-OH is 1. The van der Waals surface area contributed by atoms with Gasteiger partial charge in [0.25, 0.3) is 0 Å². The number of ether oxygens (including phenoxy) is 1. The second kappa shape index (κ2) is 5.69. The minimum atomic E-state index is -0.713. The number of rotatable bonds is 5. The van der Waals surface area contributed by atoms with E-state index < -0.39 is 6.10 Å². The van der Waals surface area contributed by atoms with Crippen LogP contribution in [0.2, 0.25) is 0 Å². The number of aliphatic hydroxyl groups is 1. The van der Waals surface area contributed by atoms with Crippen molar-refractivity contribution in [1.29, 1.82) is 0 Å². The van der Waals surface area contributed by atoms with E-state index in [1.54, 1.807) is 18.0 Å². The smallest absolute Gasteiger partial charge is 0.163 e. The number of aromatic nitrogens is 2. The van der Waals surface area contributed by atoms with E-state index in [2.05, 4.69) is 12.0 Å². The van der Waals surface area contributed by atoms with Crippen molar-refractivity contribution in [3.63, 3.8) is 0 Å². The van der Waals surface area contributed by atoms with Crippen molar-refractivity contribution in [2.24, 2.45) is 0 Å². The van der Waals surface area contributed by atoms with Gasteiger partial charge >= 0.3 is 0 Å². The Morgan fingerprint density at radius 3 is 2.67 bits per heavy atom. The lowest BCUT2D eigenvalue weighted by Crippen LogP contribution is -2.11. The van der Waals surface area contributed by atoms with Gasteiger partial charge in [0.05, 0.1) is 13.3 Å². The standard InChI is InChI=1S/C14H18N2O2/c1-3-9-16-13(12(18-2)10-15-16)14(17)11-7-5-4-6-8-11/h4-8,10,14,17H,3,9H2,1-2H3. The molecule has 0 saturated heterocycles. The number of hydrogen-bond donors (Lipinski definition) is 1. The number of methoxy groups -OCH3 is 1. The molecule has 0 fully saturated rings. The summed E-state index contributed by atoms with van der Waals surface area (Å²) in [5.74, 6) is 0.625. The minimum absolute atomic E-state index is 0.625. The van der Waals surface area contributed by atoms with Gasteiger partial charge in [-0.05, 0) is 12.0 Å². The van der Waals surface area contributed by atoms with Crippen LogP contribution >= 0.6 is 0 Å². The molecule has 1 heterocycles. The van der Waals surface area contributed by atoms with Gasteiger partial charge in [0.15, 0.2) is 5.75 Å². The van der Waals surface area contributed by atoms with E-state index in [-0.39, 0.29) is 0 Å². The Morgan fingerprint density at radius 2 is 2.06 bits per heavy atom. The molecule has 0 aliphatic rings. The highest BCUT2D eigenvalue weighted by atomic mass is 16.5. The van der Waals surface area contributed by atoms with Crippen molar-refractivity contribution in [2.75, 3.05) is 7.11 Å². The molecule has 96 valence electrons. The highest BCUT2D eigenvalue weighted by molar-refractivity contribution is 5.34. The van der Waals surface area contributed by atoms with Crippen LogP contribution in [0.1, 0.15) is 30.7 Å². The molecule has 0 radical (unpaired) electrons. The van der Waals surface area contributed by atoms with E-state index in [1.807, 2.05) is 30.3 Å². The topological polar surface area (TPSA) is 47.3 Å². The van der Waals surface area contributed by atoms with Crippen molar-refractivity contribution in [3.8, 4) is 5.75 Å². The largest absolute Gasteiger partial charge is 0.493 e. The van der Waals surface area contributed by atoms with Crippen LogP contribution in [0.5, 0.6) is 5.75 Å². The van der Waals surface area contributed by atoms with Gasteiger partial charge in [-0.2, -0.15) is 5.10 Å². The SMILES string of the molecule is CCCn1ncc(OC)c1C(O)c1ccccc1. The summed E-state index contributed by atoms with van der Waals surface area (Å²) in [6.07, 6.45) is 1.89. The maximum Gasteiger partial charge on any atom is 0.163 e. The Bertz CT molecular complexity index is 494. The summed E-state index contributed by atoms with van der Waals surface area (Å²) in [5.41, 5.74) is 1.55. The van der Waals surface area contributed by atoms with Gasteiger partial charge in [-0.1, -0.05) is 37.3 Å². The monoisotopic (exact) mass is 246 g/mol. The molecule has 1 atom stereocenters. The first kappa shape index (κ1) is 12.6. The molecule has 0 saturated carbocycles. The third kappa shape index (κ3) is 2.38. The normalized spacial score (nSPS) is 12.4. The lowest BCUT2D eigenvalue weighted by atomic mass is 10.1. The predicted octanol–water partition coefficient (Wildman–Crippen LogP) is 2.38. The maximum atomic E-state index is 10.5. The van der Waals surface area contributed by atoms with Crippen molar-refractivity contribution in [1.82, 2.24) is 9.78 Å². The number of nitrogens with zero attached hydrogens (tertiary/aromatic N) is 2. The van der Waals surface area contributed by atoms with Crippen LogP contribution in [0.3, 0.4) is 0 Å². The Kier molecular flexibility index (Phi) is 3.99. The van der Waals surface area contributed by atoms with Crippen LogP contribution in [0.15, 0.2) is 36.5 Å². The van der Waals surface area contributed by atoms with Crippen molar-refractivity contribution >= 4 is 0 Å². The second-order valence-corrected chi connectivity index (χ2v) is 4.13. The Hall–Kier alpha value is -1.81. The van der Waals surface area contributed by atoms with Gasteiger partial charge in [0.2, 0.25) is 0 Å². The fraction of sp³-hybridized carbons (Fsp3) is 0.357. The molecule has 0 amide bonds. The number of benzene rings is 1. The minimum Gasteiger partial charge on any atom is -0.493 e. The maximum absolute atomic E-state index is 10.5. The number of aryl methyl sites for hydroxylation is 1. The van der Waals surface area contributed by atoms with E-state index >= 15 is 0 Å². The first-order valence-corrected chi connectivity index (χ1v) is 6.10. The second-order valence-electron chi connectivity index (χ2n) is 4.13. The van der Waals surface area contributed by atoms with Crippen LogP contribution in [0, 0.1) is 0 Å². The first-order chi connectivity index (χ1) is 8.77. The van der Waals surface area contributed by atoms with Gasteiger partial charge in [-0.15, -0.1) is 0 Å². The van der Waals surface area contributed by atoms with E-state index in [9.17, 15) is 5.11 Å². The third-order valence-corrected chi connectivity index (χ3v) is 2.87. The molecule has 1 N–H and O–H groups in total. The van der Waals surface area contributed by atoms with Gasteiger partial charge in [0.1, 0.15) is 11.8 Å². The molecule has 4 heteroatoms. The Balaban J connectivity index is 2.39. The summed E-state index contributed by atoms with van der Waals surface area (Å²) in [7, 11) is 1.59. The molecule has 2 rings (SSSR count). The molecular formula is C14H18N2O2. The summed E-state index contributed by atoms with van der Waals surface area (Å²) in [5, 5.41) is 14.7. The zero-order valence-corrected chi connectivity index (χ0v) is 10.7. The van der Waals surface area contributed by atoms with Gasteiger partial charge in [-0.25, -0.2) is 0 Å². The van der Waals surface area contributed by atoms with Gasteiger partial charge < -0.3 is 9.84 Å². The van der Waals surface area contributed by atoms with Crippen LogP contribution in [0.25, 0.3) is 0 Å². The molecule has 0 bridgehead atoms. The van der Waals surface area contributed by atoms with E-state index in [0.29, 0.717) is 11.4 Å². The van der Waals surface area contributed by atoms with E-state index in [1.165, 1.54) is 0 Å². The Labute approximate surface area is 107 Å². The average Bonchev–Trinajstić information content (AvgIpc) is 2.82. The summed E-state index contributed by atoms with van der Waals surface area (Å²) < 4.78 is 7.07. The van der Waals surface area contributed by atoms with E-state index in [0.717, 1.165) is 18.5 Å². The highest BCUT2D eigenvalue weighted by Crippen LogP contribution is 2.29. The lowest BCUT2D eigenvalue weighted by molar-refractivity contribution is 0.202. The summed E-state index contributed by atoms with van der Waals surface area (Å²) >= 11 is 0. The summed E-state index contributed by atoms with van der Waals surface area (Å²) in [6, 6.07) is 9.54. The third-order valence-electron chi connectivity index (χ3n) is 2.87. The molecule has 2 aromatic rings. The highest BCUT2D eigenvalue weighted by Gasteiger charge is 2.20. The molecule has 1 aromatic heterocycles. The molecule has 4 nitrogen and oxygen atoms in total. The lowest BCUT2D eigenvalue weighted by Gasteiger charge is -2.15. The summed E-state index contributed by atoms with van der Waals surface area (Å²) in [6.45, 7) is 2.84. The zero-order chi connectivity index (χ0) is 13.0. The first-order valence-electron chi connectivity index (χ1n) is 6.10. The van der Waals surface area contributed by atoms with Crippen molar-refractivity contribution in [3.05, 3.63) is 47.8 Å². The molecule has 0 spiro atoms. The van der Waals surface area contributed by atoms with E-state index in [4.69, 9.17) is 4.74 Å². The van der Waals surface area contributed by atoms with Crippen LogP contribution in [-0.4, -0.2) is 22.0 Å². The average molecular weight is 246 g/mol. The molecule has 0 aliphatic heterocycles. The number of hydrogen-bond acceptors (Lipinski definition) is 3. The molecule has 0 aliphatic carbocycles. The fourth-order valence-corrected chi connectivity index (χ4v) is 1.99. The zero-order valence-electron chi connectivity index (χ0n) is 10.7. The molecule has 1 unspecified atom stereocenters. The Morgan fingerprint density at radius 1 is 1.33 bits per heavy atom. The van der Waals surface area contributed by atoms with Crippen LogP contribution < -0.4 is 4.74 Å². The van der Waals surface area contributed by atoms with Gasteiger partial charge in [-0.3, -0.25) is 4.68 Å². The summed E-state index contributed by atoms with van der Waals surface area (Å²) in [4.78, 5) is 0. The van der Waals surface area contributed by atoms with Crippen LogP contribution in [-0.2, 0) is 6.54 Å².